The van der Waals surface area contributed by atoms with Crippen molar-refractivity contribution in [2.45, 2.75) is 116 Å². The lowest BCUT2D eigenvalue weighted by atomic mass is 10.0. The molecular weight excluding hydrogens is 456 g/mol. The molecule has 0 saturated heterocycles. The van der Waals surface area contributed by atoms with E-state index in [4.69, 9.17) is 4.55 Å². The summed E-state index contributed by atoms with van der Waals surface area (Å²) in [4.78, 5) is 4.17. The number of aliphatic hydroxyl groups excluding tert-OH is 1. The summed E-state index contributed by atoms with van der Waals surface area (Å²) in [6.45, 7) is 3.97. The van der Waals surface area contributed by atoms with E-state index in [9.17, 15) is 18.6 Å². The molecule has 0 aromatic rings. The quantitative estimate of drug-likeness (QED) is 0.0771. The molecule has 0 aliphatic heterocycles. The molecule has 1 unspecified atom stereocenters. The minimum absolute atomic E-state index is 0.0765. The highest BCUT2D eigenvalue weighted by Crippen LogP contribution is 2.14. The van der Waals surface area contributed by atoms with Gasteiger partial charge in [0.25, 0.3) is 0 Å². The first-order valence-electron chi connectivity index (χ1n) is 13.1. The Kier molecular flexibility index (Phi) is 23.7. The van der Waals surface area contributed by atoms with Gasteiger partial charge in [-0.3, -0.25) is 8.74 Å². The van der Waals surface area contributed by atoms with Crippen LogP contribution in [0.2, 0.25) is 0 Å². The Morgan fingerprint density at radius 1 is 0.882 bits per heavy atom. The van der Waals surface area contributed by atoms with E-state index >= 15 is 0 Å². The Bertz CT molecular complexity index is 576. The number of hydrogen-bond donors (Lipinski definition) is 2. The number of unbranched alkanes of at least 4 members (excludes halogenated alkanes) is 10. The van der Waals surface area contributed by atoms with Gasteiger partial charge in [-0.1, -0.05) is 77.6 Å². The number of hydrogen-bond acceptors (Lipinski definition) is 6. The molecule has 0 aliphatic rings. The van der Waals surface area contributed by atoms with Crippen LogP contribution in [0, 0.1) is 0 Å². The lowest BCUT2D eigenvalue weighted by molar-refractivity contribution is -0.870. The van der Waals surface area contributed by atoms with Gasteiger partial charge in [-0.2, -0.15) is 8.42 Å². The van der Waals surface area contributed by atoms with E-state index in [2.05, 4.69) is 37.2 Å². The molecule has 2 N–H and O–H groups in total. The van der Waals surface area contributed by atoms with Crippen molar-refractivity contribution in [1.82, 2.24) is 0 Å². The topological polar surface area (TPSA) is 119 Å². The average molecular weight is 511 g/mol. The SMILES string of the molecule is CCCCCCC(O)CCCCCCCCCCC([O-])=NCCC[N+](C)(C)C.COS(=O)(=O)O. The average Bonchev–Trinajstić information content (AvgIpc) is 2.75. The summed E-state index contributed by atoms with van der Waals surface area (Å²) in [6, 6.07) is 0. The molecule has 34 heavy (non-hydrogen) atoms. The number of quaternary nitrogens is 1. The molecule has 0 radical (unpaired) electrons. The Labute approximate surface area is 210 Å². The van der Waals surface area contributed by atoms with E-state index in [0.29, 0.717) is 13.0 Å². The standard InChI is InChI=1S/C24H50N2O2.CH4O4S/c1-5-6-7-14-18-23(27)19-15-12-10-8-9-11-13-16-20-24(28)25-21-17-22-26(2,3)4;1-5-6(2,3)4/h23,27H,5-22H2,1-4H3;1H3,(H,2,3,4). The molecule has 0 aromatic heterocycles. The molecule has 0 fully saturated rings. The van der Waals surface area contributed by atoms with Crippen LogP contribution in [0.5, 0.6) is 0 Å². The molecular formula is C25H54N2O6S. The molecule has 0 rings (SSSR count). The van der Waals surface area contributed by atoms with Gasteiger partial charge in [-0.05, 0) is 31.6 Å². The van der Waals surface area contributed by atoms with Crippen LogP contribution in [0.3, 0.4) is 0 Å². The van der Waals surface area contributed by atoms with Gasteiger partial charge in [-0.25, -0.2) is 0 Å². The van der Waals surface area contributed by atoms with E-state index in [1.165, 1.54) is 64.2 Å². The zero-order chi connectivity index (χ0) is 26.3. The van der Waals surface area contributed by atoms with Gasteiger partial charge in [0.1, 0.15) is 0 Å². The molecule has 0 bridgehead atoms. The summed E-state index contributed by atoms with van der Waals surface area (Å²) in [7, 11) is 3.21. The first kappa shape index (κ1) is 35.4. The van der Waals surface area contributed by atoms with Gasteiger partial charge in [-0.15, -0.1) is 0 Å². The summed E-state index contributed by atoms with van der Waals surface area (Å²) in [5, 5.41) is 21.7. The highest BCUT2D eigenvalue weighted by molar-refractivity contribution is 7.80. The molecule has 0 aromatic carbocycles. The zero-order valence-electron chi connectivity index (χ0n) is 22.6. The highest BCUT2D eigenvalue weighted by atomic mass is 32.3. The van der Waals surface area contributed by atoms with Crippen molar-refractivity contribution in [3.63, 3.8) is 0 Å². The largest absolute Gasteiger partial charge is 0.862 e. The third-order valence-corrected chi connectivity index (χ3v) is 5.98. The number of rotatable bonds is 21. The Morgan fingerprint density at radius 3 is 1.76 bits per heavy atom. The van der Waals surface area contributed by atoms with E-state index in [1.54, 1.807) is 0 Å². The lowest BCUT2D eigenvalue weighted by Gasteiger charge is -2.23. The summed E-state index contributed by atoms with van der Waals surface area (Å²) >= 11 is 0. The van der Waals surface area contributed by atoms with Crippen LogP contribution in [0.25, 0.3) is 0 Å². The van der Waals surface area contributed by atoms with Crippen LogP contribution in [0.4, 0.5) is 0 Å². The van der Waals surface area contributed by atoms with Gasteiger partial charge in [0, 0.05) is 13.0 Å². The minimum atomic E-state index is -4.16. The first-order valence-corrected chi connectivity index (χ1v) is 14.5. The van der Waals surface area contributed by atoms with Crippen LogP contribution in [-0.2, 0) is 14.6 Å². The van der Waals surface area contributed by atoms with Crippen molar-refractivity contribution in [3.8, 4) is 0 Å². The van der Waals surface area contributed by atoms with Crippen LogP contribution in [-0.4, -0.2) is 75.9 Å². The molecule has 206 valence electrons. The van der Waals surface area contributed by atoms with E-state index in [-0.39, 0.29) is 12.0 Å². The van der Waals surface area contributed by atoms with Crippen molar-refractivity contribution in [3.05, 3.63) is 0 Å². The van der Waals surface area contributed by atoms with Crippen molar-refractivity contribution < 1.29 is 31.8 Å². The van der Waals surface area contributed by atoms with Gasteiger partial charge >= 0.3 is 10.4 Å². The normalized spacial score (nSPS) is 13.4. The third kappa shape index (κ3) is 33.4. The highest BCUT2D eigenvalue weighted by Gasteiger charge is 2.05. The fourth-order valence-electron chi connectivity index (χ4n) is 3.50. The molecule has 0 aliphatic carbocycles. The van der Waals surface area contributed by atoms with E-state index < -0.39 is 10.4 Å². The van der Waals surface area contributed by atoms with Crippen LogP contribution in [0.15, 0.2) is 4.99 Å². The predicted octanol–water partition coefficient (Wildman–Crippen LogP) is 4.51. The van der Waals surface area contributed by atoms with Crippen molar-refractivity contribution in [2.75, 3.05) is 41.3 Å². The number of nitrogens with zero attached hydrogens (tertiary/aromatic N) is 2. The van der Waals surface area contributed by atoms with Crippen LogP contribution in [0.1, 0.15) is 110 Å². The fourth-order valence-corrected chi connectivity index (χ4v) is 3.50. The molecule has 9 heteroatoms. The number of aliphatic imine (C=N–C) groups is 1. The third-order valence-electron chi connectivity index (χ3n) is 5.55. The van der Waals surface area contributed by atoms with Gasteiger partial charge in [0.2, 0.25) is 0 Å². The van der Waals surface area contributed by atoms with Gasteiger partial charge in [0.05, 0.1) is 40.9 Å². The smallest absolute Gasteiger partial charge is 0.397 e. The molecule has 0 amide bonds. The summed E-state index contributed by atoms with van der Waals surface area (Å²) in [5.74, 6) is 0.0923. The predicted molar refractivity (Wildman–Crippen MR) is 139 cm³/mol. The first-order chi connectivity index (χ1) is 15.9. The lowest BCUT2D eigenvalue weighted by Crippen LogP contribution is -2.35. The molecule has 0 saturated carbocycles. The van der Waals surface area contributed by atoms with Gasteiger partial charge in [0.15, 0.2) is 0 Å². The molecule has 0 spiro atoms. The fraction of sp³-hybridized carbons (Fsp3) is 0.960. The molecule has 8 nitrogen and oxygen atoms in total. The summed E-state index contributed by atoms with van der Waals surface area (Å²) in [6.07, 6.45) is 18.1. The van der Waals surface area contributed by atoms with Crippen LogP contribution >= 0.6 is 0 Å². The Morgan fingerprint density at radius 2 is 1.32 bits per heavy atom. The maximum absolute atomic E-state index is 11.7. The minimum Gasteiger partial charge on any atom is -0.862 e. The van der Waals surface area contributed by atoms with E-state index in [1.807, 2.05) is 0 Å². The van der Waals surface area contributed by atoms with Gasteiger partial charge < -0.3 is 19.7 Å². The molecule has 1 atom stereocenters. The van der Waals surface area contributed by atoms with E-state index in [0.717, 1.165) is 50.2 Å². The van der Waals surface area contributed by atoms with Crippen LogP contribution < -0.4 is 5.11 Å². The van der Waals surface area contributed by atoms with Crippen molar-refractivity contribution in [1.29, 1.82) is 0 Å². The molecule has 0 heterocycles. The summed E-state index contributed by atoms with van der Waals surface area (Å²) in [5.41, 5.74) is 0. The maximum atomic E-state index is 11.7. The zero-order valence-corrected chi connectivity index (χ0v) is 23.5. The second-order valence-electron chi connectivity index (χ2n) is 10.1. The number of aliphatic hydroxyl groups is 1. The Balaban J connectivity index is 0. The second-order valence-corrected chi connectivity index (χ2v) is 11.3. The monoisotopic (exact) mass is 510 g/mol. The maximum Gasteiger partial charge on any atom is 0.397 e. The Hall–Kier alpha value is -0.740. The summed E-state index contributed by atoms with van der Waals surface area (Å²) < 4.78 is 30.6. The van der Waals surface area contributed by atoms with Crippen molar-refractivity contribution >= 4 is 16.3 Å². The van der Waals surface area contributed by atoms with Crippen molar-refractivity contribution in [2.24, 2.45) is 4.99 Å². The second kappa shape index (κ2) is 22.7.